The number of nitrogens with zero attached hydrogens (tertiary/aromatic N) is 3. The summed E-state index contributed by atoms with van der Waals surface area (Å²) in [6.07, 6.45) is 0. The molecule has 102 valence electrons. The maximum absolute atomic E-state index is 6.58. The predicted molar refractivity (Wildman–Crippen MR) is 82.1 cm³/mol. The van der Waals surface area contributed by atoms with Crippen LogP contribution in [-0.2, 0) is 0 Å². The van der Waals surface area contributed by atoms with Crippen molar-refractivity contribution < 1.29 is 0 Å². The molecule has 0 N–H and O–H groups in total. The highest BCUT2D eigenvalue weighted by Gasteiger charge is 2.17. The van der Waals surface area contributed by atoms with Gasteiger partial charge in [-0.05, 0) is 38.5 Å². The lowest BCUT2D eigenvalue weighted by Gasteiger charge is -2.10. The zero-order chi connectivity index (χ0) is 14.3. The third kappa shape index (κ3) is 1.95. The summed E-state index contributed by atoms with van der Waals surface area (Å²) in [4.78, 5) is 1.77. The summed E-state index contributed by atoms with van der Waals surface area (Å²) in [5.74, 6) is 0. The molecule has 0 spiro atoms. The zero-order valence-corrected chi connectivity index (χ0v) is 12.5. The molecule has 0 amide bonds. The van der Waals surface area contributed by atoms with Crippen LogP contribution in [0.15, 0.2) is 42.5 Å². The van der Waals surface area contributed by atoms with Gasteiger partial charge >= 0.3 is 0 Å². The van der Waals surface area contributed by atoms with E-state index < -0.39 is 0 Å². The van der Waals surface area contributed by atoms with Crippen molar-refractivity contribution in [3.8, 4) is 11.1 Å². The first kappa shape index (κ1) is 13.0. The van der Waals surface area contributed by atoms with Crippen molar-refractivity contribution in [2.45, 2.75) is 20.8 Å². The third-order valence-corrected chi connectivity index (χ3v) is 3.81. The van der Waals surface area contributed by atoms with Gasteiger partial charge in [0, 0.05) is 17.0 Å². The van der Waals surface area contributed by atoms with E-state index in [1.807, 2.05) is 43.6 Å². The number of halogens is 1. The topological polar surface area (TPSA) is 22.8 Å². The maximum Gasteiger partial charge on any atom is 0.159 e. The minimum Gasteiger partial charge on any atom is -0.241 e. The van der Waals surface area contributed by atoms with Crippen LogP contribution in [0.4, 0.5) is 0 Å². The van der Waals surface area contributed by atoms with Gasteiger partial charge < -0.3 is 0 Å². The van der Waals surface area contributed by atoms with Gasteiger partial charge in [-0.25, -0.2) is 4.68 Å². The van der Waals surface area contributed by atoms with E-state index in [2.05, 4.69) is 29.4 Å². The van der Waals surface area contributed by atoms with E-state index in [0.29, 0.717) is 5.15 Å². The highest BCUT2D eigenvalue weighted by Crippen LogP contribution is 2.31. The molecule has 0 saturated heterocycles. The molecular formula is C16H16ClN3. The van der Waals surface area contributed by atoms with Crippen LogP contribution in [0.5, 0.6) is 0 Å². The second-order valence-electron chi connectivity index (χ2n) is 4.93. The highest BCUT2D eigenvalue weighted by molar-refractivity contribution is 6.32. The van der Waals surface area contributed by atoms with Crippen molar-refractivity contribution in [2.24, 2.45) is 0 Å². The second-order valence-corrected chi connectivity index (χ2v) is 5.29. The van der Waals surface area contributed by atoms with Gasteiger partial charge in [-0.2, -0.15) is 9.89 Å². The first-order chi connectivity index (χ1) is 9.59. The number of aromatic nitrogens is 3. The minimum atomic E-state index is 0.635. The van der Waals surface area contributed by atoms with Crippen LogP contribution in [0.1, 0.15) is 17.1 Å². The molecule has 0 atom stereocenters. The molecule has 0 aliphatic carbocycles. The van der Waals surface area contributed by atoms with Gasteiger partial charge in [0.1, 0.15) is 0 Å². The Kier molecular flexibility index (Phi) is 3.14. The number of hydrogen-bond acceptors (Lipinski definition) is 1. The minimum absolute atomic E-state index is 0.635. The SMILES string of the molecule is Cc1nn(-n2c(C)ccc2C)c(Cl)c1-c1ccccc1. The fourth-order valence-corrected chi connectivity index (χ4v) is 2.87. The Hall–Kier alpha value is -2.00. The molecule has 0 aliphatic heterocycles. The monoisotopic (exact) mass is 285 g/mol. The Morgan fingerprint density at radius 2 is 1.50 bits per heavy atom. The van der Waals surface area contributed by atoms with E-state index in [4.69, 9.17) is 11.6 Å². The van der Waals surface area contributed by atoms with Crippen molar-refractivity contribution in [1.82, 2.24) is 14.6 Å². The van der Waals surface area contributed by atoms with E-state index in [-0.39, 0.29) is 0 Å². The van der Waals surface area contributed by atoms with Crippen LogP contribution in [0.2, 0.25) is 5.15 Å². The van der Waals surface area contributed by atoms with Crippen LogP contribution in [-0.4, -0.2) is 14.6 Å². The average molecular weight is 286 g/mol. The molecular weight excluding hydrogens is 270 g/mol. The molecule has 3 rings (SSSR count). The third-order valence-electron chi connectivity index (χ3n) is 3.47. The molecule has 2 heterocycles. The van der Waals surface area contributed by atoms with E-state index >= 15 is 0 Å². The van der Waals surface area contributed by atoms with Crippen LogP contribution in [0.3, 0.4) is 0 Å². The van der Waals surface area contributed by atoms with Crippen molar-refractivity contribution in [3.05, 3.63) is 64.7 Å². The van der Waals surface area contributed by atoms with Gasteiger partial charge in [0.05, 0.1) is 5.69 Å². The lowest BCUT2D eigenvalue weighted by molar-refractivity contribution is 0.546. The summed E-state index contributed by atoms with van der Waals surface area (Å²) in [7, 11) is 0. The molecule has 1 aromatic carbocycles. The summed E-state index contributed by atoms with van der Waals surface area (Å²) < 4.78 is 2.02. The normalized spacial score (nSPS) is 11.0. The van der Waals surface area contributed by atoms with Gasteiger partial charge in [0.15, 0.2) is 5.15 Å². The van der Waals surface area contributed by atoms with Crippen LogP contribution in [0, 0.1) is 20.8 Å². The predicted octanol–water partition coefficient (Wildman–Crippen LogP) is 4.24. The van der Waals surface area contributed by atoms with Crippen molar-refractivity contribution in [1.29, 1.82) is 0 Å². The first-order valence-corrected chi connectivity index (χ1v) is 6.93. The number of benzene rings is 1. The van der Waals surface area contributed by atoms with Gasteiger partial charge in [0.25, 0.3) is 0 Å². The largest absolute Gasteiger partial charge is 0.241 e. The summed E-state index contributed by atoms with van der Waals surface area (Å²) >= 11 is 6.58. The van der Waals surface area contributed by atoms with Gasteiger partial charge in [0.2, 0.25) is 0 Å². The molecule has 2 aromatic heterocycles. The molecule has 4 heteroatoms. The smallest absolute Gasteiger partial charge is 0.159 e. The molecule has 3 aromatic rings. The summed E-state index contributed by atoms with van der Waals surface area (Å²) in [6, 6.07) is 14.2. The molecule has 0 radical (unpaired) electrons. The number of rotatable bonds is 2. The number of aryl methyl sites for hydroxylation is 3. The molecule has 0 bridgehead atoms. The lowest BCUT2D eigenvalue weighted by Crippen LogP contribution is -2.14. The molecule has 0 fully saturated rings. The van der Waals surface area contributed by atoms with E-state index in [1.54, 1.807) is 4.79 Å². The van der Waals surface area contributed by atoms with Gasteiger partial charge in [-0.15, -0.1) is 0 Å². The van der Waals surface area contributed by atoms with Gasteiger partial charge in [-0.1, -0.05) is 41.9 Å². The van der Waals surface area contributed by atoms with E-state index in [0.717, 1.165) is 28.2 Å². The second kappa shape index (κ2) is 4.84. The molecule has 0 unspecified atom stereocenters. The van der Waals surface area contributed by atoms with E-state index in [9.17, 15) is 0 Å². The Morgan fingerprint density at radius 3 is 2.10 bits per heavy atom. The zero-order valence-electron chi connectivity index (χ0n) is 11.8. The standard InChI is InChI=1S/C16H16ClN3/c1-11-9-10-12(2)19(11)20-16(17)15(13(3)18-20)14-7-5-4-6-8-14/h4-10H,1-3H3. The molecule has 3 nitrogen and oxygen atoms in total. The fraction of sp³-hybridized carbons (Fsp3) is 0.188. The first-order valence-electron chi connectivity index (χ1n) is 6.55. The Labute approximate surface area is 123 Å². The Bertz CT molecular complexity index is 734. The number of hydrogen-bond donors (Lipinski definition) is 0. The fourth-order valence-electron chi connectivity index (χ4n) is 2.51. The summed E-state index contributed by atoms with van der Waals surface area (Å²) in [5, 5.41) is 5.23. The van der Waals surface area contributed by atoms with Gasteiger partial charge in [-0.3, -0.25) is 0 Å². The van der Waals surface area contributed by atoms with Crippen molar-refractivity contribution in [2.75, 3.05) is 0 Å². The Morgan fingerprint density at radius 1 is 0.900 bits per heavy atom. The summed E-state index contributed by atoms with van der Waals surface area (Å²) in [5.41, 5.74) is 5.20. The Balaban J connectivity index is 2.22. The molecule has 0 aliphatic rings. The maximum atomic E-state index is 6.58. The van der Waals surface area contributed by atoms with Crippen LogP contribution >= 0.6 is 11.6 Å². The molecule has 20 heavy (non-hydrogen) atoms. The lowest BCUT2D eigenvalue weighted by atomic mass is 10.1. The van der Waals surface area contributed by atoms with E-state index in [1.165, 1.54) is 0 Å². The molecule has 0 saturated carbocycles. The van der Waals surface area contributed by atoms with Crippen molar-refractivity contribution >= 4 is 11.6 Å². The quantitative estimate of drug-likeness (QED) is 0.690. The average Bonchev–Trinajstić information content (AvgIpc) is 2.91. The van der Waals surface area contributed by atoms with Crippen LogP contribution in [0.25, 0.3) is 11.1 Å². The summed E-state index contributed by atoms with van der Waals surface area (Å²) in [6.45, 7) is 6.07. The van der Waals surface area contributed by atoms with Crippen LogP contribution < -0.4 is 0 Å². The van der Waals surface area contributed by atoms with Crippen molar-refractivity contribution in [3.63, 3.8) is 0 Å². The highest BCUT2D eigenvalue weighted by atomic mass is 35.5.